The third-order valence-electron chi connectivity index (χ3n) is 5.15. The number of nitrogens with zero attached hydrogens (tertiary/aromatic N) is 4. The molecule has 26 heavy (non-hydrogen) atoms. The van der Waals surface area contributed by atoms with Gasteiger partial charge >= 0.3 is 0 Å². The van der Waals surface area contributed by atoms with E-state index in [-0.39, 0.29) is 24.8 Å². The molecule has 0 spiro atoms. The van der Waals surface area contributed by atoms with Crippen molar-refractivity contribution in [2.75, 3.05) is 13.1 Å². The van der Waals surface area contributed by atoms with Gasteiger partial charge in [-0.3, -0.25) is 9.78 Å². The molecule has 6 nitrogen and oxygen atoms in total. The summed E-state index contributed by atoms with van der Waals surface area (Å²) in [5.74, 6) is 0.594. The minimum atomic E-state index is -1.79. The summed E-state index contributed by atoms with van der Waals surface area (Å²) in [6.45, 7) is 0.199. The van der Waals surface area contributed by atoms with E-state index in [1.807, 2.05) is 30.3 Å². The number of likely N-dealkylation sites (tertiary alicyclic amines) is 1. The van der Waals surface area contributed by atoms with Crippen molar-refractivity contribution in [3.05, 3.63) is 53.9 Å². The Bertz CT molecular complexity index is 995. The van der Waals surface area contributed by atoms with Crippen LogP contribution in [-0.4, -0.2) is 39.0 Å². The van der Waals surface area contributed by atoms with Crippen LogP contribution in [0.3, 0.4) is 0 Å². The quantitative estimate of drug-likeness (QED) is 0.724. The zero-order valence-corrected chi connectivity index (χ0v) is 14.1. The molecule has 2 aliphatic rings. The molecule has 0 N–H and O–H groups in total. The fourth-order valence-electron chi connectivity index (χ4n) is 3.48. The lowest BCUT2D eigenvalue weighted by atomic mass is 10.1. The maximum absolute atomic E-state index is 15.4. The van der Waals surface area contributed by atoms with Crippen molar-refractivity contribution >= 4 is 16.7 Å². The molecule has 1 amide bonds. The molecule has 1 aromatic carbocycles. The highest BCUT2D eigenvalue weighted by molar-refractivity contribution is 6.05. The Hall–Kier alpha value is -2.83. The van der Waals surface area contributed by atoms with Gasteiger partial charge in [0.05, 0.1) is 6.54 Å². The van der Waals surface area contributed by atoms with Crippen molar-refractivity contribution in [2.45, 2.75) is 30.8 Å². The van der Waals surface area contributed by atoms with Crippen LogP contribution in [0, 0.1) is 0 Å². The van der Waals surface area contributed by atoms with Gasteiger partial charge in [0.25, 0.3) is 11.8 Å². The van der Waals surface area contributed by atoms with Gasteiger partial charge in [-0.15, -0.1) is 0 Å². The third kappa shape index (κ3) is 2.46. The number of hydrogen-bond acceptors (Lipinski definition) is 5. The summed E-state index contributed by atoms with van der Waals surface area (Å²) < 4.78 is 20.5. The van der Waals surface area contributed by atoms with Crippen molar-refractivity contribution in [2.24, 2.45) is 0 Å². The van der Waals surface area contributed by atoms with Crippen LogP contribution in [-0.2, 0) is 5.67 Å². The second kappa shape index (κ2) is 5.59. The fourth-order valence-corrected chi connectivity index (χ4v) is 3.48. The Morgan fingerprint density at radius 2 is 2.12 bits per heavy atom. The largest absolute Gasteiger partial charge is 0.336 e. The lowest BCUT2D eigenvalue weighted by molar-refractivity contribution is 0.0713. The number of hydrogen-bond donors (Lipinski definition) is 0. The first kappa shape index (κ1) is 15.4. The van der Waals surface area contributed by atoms with Crippen LogP contribution in [0.4, 0.5) is 4.39 Å². The number of alkyl halides is 1. The molecular formula is C19H17FN4O2. The minimum absolute atomic E-state index is 0.0134. The molecule has 1 saturated heterocycles. The van der Waals surface area contributed by atoms with Crippen LogP contribution < -0.4 is 0 Å². The Morgan fingerprint density at radius 1 is 1.27 bits per heavy atom. The zero-order chi connectivity index (χ0) is 17.7. The summed E-state index contributed by atoms with van der Waals surface area (Å²) in [5, 5.41) is 5.60. The molecule has 3 heterocycles. The van der Waals surface area contributed by atoms with Gasteiger partial charge in [-0.25, -0.2) is 4.39 Å². The second-order valence-corrected chi connectivity index (χ2v) is 7.05. The monoisotopic (exact) mass is 352 g/mol. The number of rotatable bonds is 3. The van der Waals surface area contributed by atoms with Gasteiger partial charge in [0.2, 0.25) is 5.67 Å². The van der Waals surface area contributed by atoms with E-state index < -0.39 is 5.67 Å². The molecule has 3 aromatic rings. The number of fused-ring (bicyclic) bond motifs is 1. The molecule has 2 fully saturated rings. The van der Waals surface area contributed by atoms with E-state index in [0.29, 0.717) is 24.0 Å². The van der Waals surface area contributed by atoms with Gasteiger partial charge in [0.1, 0.15) is 5.69 Å². The van der Waals surface area contributed by atoms with E-state index in [1.165, 1.54) is 4.90 Å². The summed E-state index contributed by atoms with van der Waals surface area (Å²) in [6, 6.07) is 9.41. The first-order chi connectivity index (χ1) is 12.6. The highest BCUT2D eigenvalue weighted by atomic mass is 19.1. The zero-order valence-electron chi connectivity index (χ0n) is 14.1. The number of benzene rings is 1. The fraction of sp³-hybridized carbons (Fsp3) is 0.368. The van der Waals surface area contributed by atoms with E-state index >= 15 is 4.39 Å². The number of pyridine rings is 1. The van der Waals surface area contributed by atoms with Gasteiger partial charge in [0, 0.05) is 30.5 Å². The minimum Gasteiger partial charge on any atom is -0.336 e. The third-order valence-corrected chi connectivity index (χ3v) is 5.15. The van der Waals surface area contributed by atoms with E-state index in [0.717, 1.165) is 23.6 Å². The predicted molar refractivity (Wildman–Crippen MR) is 91.3 cm³/mol. The highest BCUT2D eigenvalue weighted by Crippen LogP contribution is 2.41. The molecule has 0 bridgehead atoms. The van der Waals surface area contributed by atoms with Gasteiger partial charge in [-0.2, -0.15) is 4.98 Å². The smallest absolute Gasteiger partial charge is 0.273 e. The Balaban J connectivity index is 1.41. The number of halogens is 1. The number of carbonyl (C=O) groups excluding carboxylic acids is 1. The van der Waals surface area contributed by atoms with Gasteiger partial charge in [-0.05, 0) is 24.3 Å². The first-order valence-electron chi connectivity index (χ1n) is 8.80. The van der Waals surface area contributed by atoms with E-state index in [9.17, 15) is 4.79 Å². The first-order valence-corrected chi connectivity index (χ1v) is 8.80. The number of carbonyl (C=O) groups is 1. The Kier molecular flexibility index (Phi) is 3.32. The van der Waals surface area contributed by atoms with Crippen LogP contribution >= 0.6 is 0 Å². The highest BCUT2D eigenvalue weighted by Gasteiger charge is 2.47. The maximum atomic E-state index is 15.4. The summed E-state index contributed by atoms with van der Waals surface area (Å²) in [4.78, 5) is 22.9. The second-order valence-electron chi connectivity index (χ2n) is 7.05. The summed E-state index contributed by atoms with van der Waals surface area (Å²) in [5.41, 5.74) is -1.45. The molecule has 1 unspecified atom stereocenters. The molecule has 1 saturated carbocycles. The maximum Gasteiger partial charge on any atom is 0.273 e. The summed E-state index contributed by atoms with van der Waals surface area (Å²) in [7, 11) is 0. The lowest BCUT2D eigenvalue weighted by Crippen LogP contribution is -2.33. The van der Waals surface area contributed by atoms with Gasteiger partial charge in [-0.1, -0.05) is 29.4 Å². The standard InChI is InChI=1S/C19H17FN4O2/c20-19(18-22-16(23-26-18)13-5-6-13)8-10-24(11-19)17(25)15-14-4-2-1-3-12(14)7-9-21-15/h1-4,7,9,13H,5-6,8,10-11H2. The normalized spacial score (nSPS) is 22.9. The van der Waals surface area contributed by atoms with E-state index in [2.05, 4.69) is 15.1 Å². The Morgan fingerprint density at radius 3 is 2.96 bits per heavy atom. The van der Waals surface area contributed by atoms with Crippen molar-refractivity contribution < 1.29 is 13.7 Å². The van der Waals surface area contributed by atoms with Gasteiger partial charge in [0.15, 0.2) is 5.82 Å². The van der Waals surface area contributed by atoms with Crippen LogP contribution in [0.1, 0.15) is 47.4 Å². The van der Waals surface area contributed by atoms with Crippen LogP contribution in [0.2, 0.25) is 0 Å². The van der Waals surface area contributed by atoms with E-state index in [1.54, 1.807) is 6.20 Å². The lowest BCUT2D eigenvalue weighted by Gasteiger charge is -2.18. The van der Waals surface area contributed by atoms with Crippen LogP contribution in [0.5, 0.6) is 0 Å². The summed E-state index contributed by atoms with van der Waals surface area (Å²) >= 11 is 0. The predicted octanol–water partition coefficient (Wildman–Crippen LogP) is 3.21. The Labute approximate surface area is 149 Å². The molecular weight excluding hydrogens is 335 g/mol. The summed E-state index contributed by atoms with van der Waals surface area (Å²) in [6.07, 6.45) is 3.80. The molecule has 1 aliphatic carbocycles. The SMILES string of the molecule is O=C(c1nccc2ccccc12)N1CCC(F)(c2nc(C3CC3)no2)C1. The molecule has 7 heteroatoms. The molecule has 5 rings (SSSR count). The van der Waals surface area contributed by atoms with Crippen LogP contribution in [0.25, 0.3) is 10.8 Å². The van der Waals surface area contributed by atoms with Crippen molar-refractivity contribution in [3.8, 4) is 0 Å². The van der Waals surface area contributed by atoms with Crippen molar-refractivity contribution in [1.82, 2.24) is 20.0 Å². The molecule has 1 atom stereocenters. The number of aromatic nitrogens is 3. The van der Waals surface area contributed by atoms with Crippen molar-refractivity contribution in [3.63, 3.8) is 0 Å². The van der Waals surface area contributed by atoms with Crippen LogP contribution in [0.15, 0.2) is 41.1 Å². The van der Waals surface area contributed by atoms with E-state index in [4.69, 9.17) is 4.52 Å². The van der Waals surface area contributed by atoms with Gasteiger partial charge < -0.3 is 9.42 Å². The topological polar surface area (TPSA) is 72.1 Å². The molecule has 132 valence electrons. The molecule has 0 radical (unpaired) electrons. The van der Waals surface area contributed by atoms with Crippen molar-refractivity contribution in [1.29, 1.82) is 0 Å². The molecule has 2 aromatic heterocycles. The number of amides is 1. The molecule has 1 aliphatic heterocycles. The average molecular weight is 352 g/mol. The average Bonchev–Trinajstić information content (AvgIpc) is 3.24.